The molecule has 1 heterocycles. The van der Waals surface area contributed by atoms with E-state index >= 15 is 0 Å². The second kappa shape index (κ2) is 6.48. The normalized spacial score (nSPS) is 13.2. The molecule has 128 valence electrons. The first-order valence-electron chi connectivity index (χ1n) is 7.18. The third kappa shape index (κ3) is 3.18. The number of sulfonamides is 1. The van der Waals surface area contributed by atoms with Crippen LogP contribution >= 0.6 is 0 Å². The minimum atomic E-state index is -3.83. The lowest BCUT2D eigenvalue weighted by molar-refractivity contribution is 0.171. The first kappa shape index (κ1) is 16.3. The summed E-state index contributed by atoms with van der Waals surface area (Å²) >= 11 is 0. The molecule has 0 saturated heterocycles. The zero-order valence-corrected chi connectivity index (χ0v) is 14.1. The van der Waals surface area contributed by atoms with Gasteiger partial charge in [-0.2, -0.15) is 0 Å². The van der Waals surface area contributed by atoms with Crippen molar-refractivity contribution < 1.29 is 27.4 Å². The van der Waals surface area contributed by atoms with Crippen LogP contribution in [-0.2, 0) is 10.0 Å². The average molecular weight is 351 g/mol. The van der Waals surface area contributed by atoms with Gasteiger partial charge in [0.05, 0.1) is 24.8 Å². The van der Waals surface area contributed by atoms with Gasteiger partial charge in [0.15, 0.2) is 11.5 Å². The molecule has 7 nitrogen and oxygen atoms in total. The third-order valence-electron chi connectivity index (χ3n) is 3.47. The molecule has 0 atom stereocenters. The van der Waals surface area contributed by atoms with Gasteiger partial charge in [0.2, 0.25) is 0 Å². The molecular formula is C16H17NO6S. The molecule has 0 spiro atoms. The topological polar surface area (TPSA) is 83.1 Å². The van der Waals surface area contributed by atoms with Gasteiger partial charge in [-0.05, 0) is 24.3 Å². The van der Waals surface area contributed by atoms with E-state index < -0.39 is 10.0 Å². The molecule has 0 unspecified atom stereocenters. The standard InChI is InChI=1S/C16H17NO6S/c1-20-11-3-5-14(21-2)13(9-11)17-24(18,19)12-4-6-15-16(10-12)23-8-7-22-15/h3-6,9-10,17H,7-8H2,1-2H3. The van der Waals surface area contributed by atoms with Gasteiger partial charge in [-0.3, -0.25) is 4.72 Å². The van der Waals surface area contributed by atoms with Gasteiger partial charge >= 0.3 is 0 Å². The summed E-state index contributed by atoms with van der Waals surface area (Å²) in [6, 6.07) is 9.33. The first-order valence-corrected chi connectivity index (χ1v) is 8.66. The number of methoxy groups -OCH3 is 2. The summed E-state index contributed by atoms with van der Waals surface area (Å²) in [6.07, 6.45) is 0. The number of fused-ring (bicyclic) bond motifs is 1. The van der Waals surface area contributed by atoms with Crippen LogP contribution in [0, 0.1) is 0 Å². The molecule has 0 aliphatic carbocycles. The fraction of sp³-hybridized carbons (Fsp3) is 0.250. The van der Waals surface area contributed by atoms with E-state index in [2.05, 4.69) is 4.72 Å². The summed E-state index contributed by atoms with van der Waals surface area (Å²) in [4.78, 5) is 0.0663. The van der Waals surface area contributed by atoms with Crippen LogP contribution in [0.1, 0.15) is 0 Å². The predicted molar refractivity (Wildman–Crippen MR) is 87.8 cm³/mol. The second-order valence-electron chi connectivity index (χ2n) is 4.98. The fourth-order valence-corrected chi connectivity index (χ4v) is 3.36. The van der Waals surface area contributed by atoms with Gasteiger partial charge in [0.25, 0.3) is 10.0 Å². The molecule has 3 rings (SSSR count). The Hall–Kier alpha value is -2.61. The molecule has 1 aliphatic heterocycles. The highest BCUT2D eigenvalue weighted by Crippen LogP contribution is 2.34. The highest BCUT2D eigenvalue weighted by Gasteiger charge is 2.21. The van der Waals surface area contributed by atoms with Gasteiger partial charge in [0, 0.05) is 12.1 Å². The van der Waals surface area contributed by atoms with Crippen LogP contribution in [-0.4, -0.2) is 35.9 Å². The predicted octanol–water partition coefficient (Wildman–Crippen LogP) is 2.28. The molecule has 2 aromatic carbocycles. The molecule has 0 fully saturated rings. The van der Waals surface area contributed by atoms with Crippen LogP contribution in [0.15, 0.2) is 41.3 Å². The maximum atomic E-state index is 12.7. The van der Waals surface area contributed by atoms with E-state index in [4.69, 9.17) is 18.9 Å². The molecule has 0 bridgehead atoms. The monoisotopic (exact) mass is 351 g/mol. The zero-order chi connectivity index (χ0) is 17.2. The summed E-state index contributed by atoms with van der Waals surface area (Å²) in [7, 11) is -0.863. The number of rotatable bonds is 5. The lowest BCUT2D eigenvalue weighted by atomic mass is 10.3. The average Bonchev–Trinajstić information content (AvgIpc) is 2.60. The SMILES string of the molecule is COc1ccc(OC)c(NS(=O)(=O)c2ccc3c(c2)OCCO3)c1. The summed E-state index contributed by atoms with van der Waals surface area (Å²) < 4.78 is 48.9. The summed E-state index contributed by atoms with van der Waals surface area (Å²) in [5.74, 6) is 1.83. The van der Waals surface area contributed by atoms with E-state index in [1.807, 2.05) is 0 Å². The van der Waals surface area contributed by atoms with E-state index in [1.165, 1.54) is 26.4 Å². The van der Waals surface area contributed by atoms with Crippen molar-refractivity contribution in [2.75, 3.05) is 32.2 Å². The van der Waals surface area contributed by atoms with E-state index in [9.17, 15) is 8.42 Å². The largest absolute Gasteiger partial charge is 0.497 e. The van der Waals surface area contributed by atoms with Gasteiger partial charge in [-0.25, -0.2) is 8.42 Å². The molecule has 2 aromatic rings. The van der Waals surface area contributed by atoms with Crippen molar-refractivity contribution in [2.45, 2.75) is 4.90 Å². The Kier molecular flexibility index (Phi) is 4.39. The van der Waals surface area contributed by atoms with Crippen molar-refractivity contribution in [3.8, 4) is 23.0 Å². The lowest BCUT2D eigenvalue weighted by Crippen LogP contribution is -2.17. The second-order valence-corrected chi connectivity index (χ2v) is 6.66. The van der Waals surface area contributed by atoms with E-state index in [-0.39, 0.29) is 10.6 Å². The third-order valence-corrected chi connectivity index (χ3v) is 4.84. The zero-order valence-electron chi connectivity index (χ0n) is 13.2. The molecule has 8 heteroatoms. The van der Waals surface area contributed by atoms with Crippen LogP contribution in [0.4, 0.5) is 5.69 Å². The van der Waals surface area contributed by atoms with Crippen molar-refractivity contribution in [3.63, 3.8) is 0 Å². The van der Waals surface area contributed by atoms with E-state index in [0.29, 0.717) is 36.2 Å². The molecule has 1 N–H and O–H groups in total. The van der Waals surface area contributed by atoms with Crippen LogP contribution in [0.5, 0.6) is 23.0 Å². The maximum absolute atomic E-state index is 12.7. The Morgan fingerprint density at radius 3 is 2.42 bits per heavy atom. The van der Waals surface area contributed by atoms with Crippen LogP contribution < -0.4 is 23.7 Å². The molecule has 0 aromatic heterocycles. The maximum Gasteiger partial charge on any atom is 0.262 e. The van der Waals surface area contributed by atoms with Gasteiger partial charge in [-0.1, -0.05) is 0 Å². The Morgan fingerprint density at radius 2 is 1.71 bits per heavy atom. The van der Waals surface area contributed by atoms with Gasteiger partial charge in [-0.15, -0.1) is 0 Å². The molecule has 0 amide bonds. The van der Waals surface area contributed by atoms with Crippen LogP contribution in [0.25, 0.3) is 0 Å². The van der Waals surface area contributed by atoms with Gasteiger partial charge < -0.3 is 18.9 Å². The molecule has 24 heavy (non-hydrogen) atoms. The molecular weight excluding hydrogens is 334 g/mol. The minimum Gasteiger partial charge on any atom is -0.497 e. The number of hydrogen-bond acceptors (Lipinski definition) is 6. The summed E-state index contributed by atoms with van der Waals surface area (Å²) in [6.45, 7) is 0.825. The smallest absolute Gasteiger partial charge is 0.262 e. The van der Waals surface area contributed by atoms with Crippen LogP contribution in [0.3, 0.4) is 0 Å². The Bertz CT molecular complexity index is 850. The lowest BCUT2D eigenvalue weighted by Gasteiger charge is -2.19. The molecule has 0 radical (unpaired) electrons. The van der Waals surface area contributed by atoms with Crippen molar-refractivity contribution >= 4 is 15.7 Å². The number of ether oxygens (including phenoxy) is 4. The molecule has 0 saturated carbocycles. The number of anilines is 1. The Morgan fingerprint density at radius 1 is 0.958 bits per heavy atom. The van der Waals surface area contributed by atoms with Crippen molar-refractivity contribution in [2.24, 2.45) is 0 Å². The van der Waals surface area contributed by atoms with E-state index in [0.717, 1.165) is 0 Å². The Labute approximate surface area is 140 Å². The van der Waals surface area contributed by atoms with Crippen molar-refractivity contribution in [1.82, 2.24) is 0 Å². The highest BCUT2D eigenvalue weighted by atomic mass is 32.2. The Balaban J connectivity index is 1.94. The summed E-state index contributed by atoms with van der Waals surface area (Å²) in [5.41, 5.74) is 0.284. The number of nitrogens with one attached hydrogen (secondary N) is 1. The molecule has 1 aliphatic rings. The quantitative estimate of drug-likeness (QED) is 0.890. The number of hydrogen-bond donors (Lipinski definition) is 1. The van der Waals surface area contributed by atoms with Gasteiger partial charge in [0.1, 0.15) is 24.7 Å². The summed E-state index contributed by atoms with van der Waals surface area (Å²) in [5, 5.41) is 0. The first-order chi connectivity index (χ1) is 11.5. The highest BCUT2D eigenvalue weighted by molar-refractivity contribution is 7.92. The van der Waals surface area contributed by atoms with E-state index in [1.54, 1.807) is 24.3 Å². The fourth-order valence-electron chi connectivity index (χ4n) is 2.29. The van der Waals surface area contributed by atoms with Crippen molar-refractivity contribution in [3.05, 3.63) is 36.4 Å². The number of benzene rings is 2. The van der Waals surface area contributed by atoms with Crippen LogP contribution in [0.2, 0.25) is 0 Å². The van der Waals surface area contributed by atoms with Crippen molar-refractivity contribution in [1.29, 1.82) is 0 Å². The minimum absolute atomic E-state index is 0.0663.